The van der Waals surface area contributed by atoms with Gasteiger partial charge in [0.15, 0.2) is 0 Å². The molecule has 0 heterocycles. The topological polar surface area (TPSA) is 107 Å². The Labute approximate surface area is 150 Å². The summed E-state index contributed by atoms with van der Waals surface area (Å²) in [6, 6.07) is 12.6. The molecule has 0 bridgehead atoms. The Hall–Kier alpha value is -2.84. The van der Waals surface area contributed by atoms with Gasteiger partial charge in [-0.05, 0) is 22.3 Å². The molecule has 0 aliphatic heterocycles. The fourth-order valence-corrected chi connectivity index (χ4v) is 3.48. The van der Waals surface area contributed by atoms with E-state index in [1.54, 1.807) is 0 Å². The van der Waals surface area contributed by atoms with Crippen LogP contribution < -0.4 is 0 Å². The lowest BCUT2D eigenvalue weighted by molar-refractivity contribution is -0.142. The zero-order valence-electron chi connectivity index (χ0n) is 14.1. The first kappa shape index (κ1) is 18.0. The fourth-order valence-electron chi connectivity index (χ4n) is 3.48. The lowest BCUT2D eigenvalue weighted by atomic mass is 9.80. The van der Waals surface area contributed by atoms with Gasteiger partial charge in [-0.1, -0.05) is 48.5 Å². The molecule has 0 unspecified atom stereocenters. The highest BCUT2D eigenvalue weighted by atomic mass is 16.5. The van der Waals surface area contributed by atoms with E-state index in [0.717, 1.165) is 34.3 Å². The van der Waals surface area contributed by atoms with Crippen molar-refractivity contribution in [3.63, 3.8) is 0 Å². The van der Waals surface area contributed by atoms with Crippen molar-refractivity contribution < 1.29 is 29.5 Å². The minimum atomic E-state index is -1.88. The molecule has 1 amide bonds. The molecule has 0 saturated heterocycles. The molecular weight excluding hydrogens is 337 g/mol. The Morgan fingerprint density at radius 1 is 1.08 bits per heavy atom. The van der Waals surface area contributed by atoms with E-state index in [1.807, 2.05) is 48.5 Å². The summed E-state index contributed by atoms with van der Waals surface area (Å²) in [5, 5.41) is 28.3. The third-order valence-corrected chi connectivity index (χ3v) is 4.52. The predicted molar refractivity (Wildman–Crippen MR) is 94.4 cm³/mol. The molecule has 0 fully saturated rings. The molecule has 2 aromatic carbocycles. The van der Waals surface area contributed by atoms with E-state index in [2.05, 4.69) is 0 Å². The summed E-state index contributed by atoms with van der Waals surface area (Å²) in [7, 11) is -0.716. The highest BCUT2D eigenvalue weighted by molar-refractivity contribution is 6.41. The van der Waals surface area contributed by atoms with Gasteiger partial charge in [0.05, 0.1) is 13.2 Å². The molecule has 3 N–H and O–H groups in total. The number of carboxylic acids is 1. The van der Waals surface area contributed by atoms with E-state index in [-0.39, 0.29) is 0 Å². The predicted octanol–water partition coefficient (Wildman–Crippen LogP) is 1.75. The molecule has 1 atom stereocenters. The zero-order valence-corrected chi connectivity index (χ0v) is 14.1. The largest absolute Gasteiger partial charge is 0.480 e. The zero-order chi connectivity index (χ0) is 18.8. The second kappa shape index (κ2) is 7.19. The first-order valence-corrected chi connectivity index (χ1v) is 8.09. The van der Waals surface area contributed by atoms with Crippen LogP contribution in [0, 0.1) is 0 Å². The molecule has 0 saturated carbocycles. The number of hydrogen-bond donors (Lipinski definition) is 3. The summed E-state index contributed by atoms with van der Waals surface area (Å²) in [5.41, 5.74) is 3.32. The summed E-state index contributed by atoms with van der Waals surface area (Å²) in [5.74, 6) is -1.34. The number of ether oxygens (including phenoxy) is 1. The number of carboxylic acid groups (broad SMARTS) is 1. The third-order valence-electron chi connectivity index (χ3n) is 4.52. The number of hydrogen-bond acceptors (Lipinski definition) is 5. The minimum absolute atomic E-state index is 0.536. The van der Waals surface area contributed by atoms with E-state index >= 15 is 0 Å². The fraction of sp³-hybridized carbons (Fsp3) is 0.222. The van der Waals surface area contributed by atoms with Crippen molar-refractivity contribution in [2.75, 3.05) is 7.11 Å². The highest BCUT2D eigenvalue weighted by Crippen LogP contribution is 2.47. The van der Waals surface area contributed by atoms with Crippen LogP contribution in [-0.2, 0) is 9.53 Å². The van der Waals surface area contributed by atoms with Crippen LogP contribution in [0.25, 0.3) is 11.1 Å². The number of aliphatic carboxylic acids is 1. The van der Waals surface area contributed by atoms with E-state index in [9.17, 15) is 24.7 Å². The van der Waals surface area contributed by atoms with Gasteiger partial charge in [-0.2, -0.15) is 0 Å². The first-order chi connectivity index (χ1) is 12.5. The van der Waals surface area contributed by atoms with E-state index in [1.165, 1.54) is 0 Å². The molecule has 0 radical (unpaired) electrons. The third kappa shape index (κ3) is 3.04. The quantitative estimate of drug-likeness (QED) is 0.706. The van der Waals surface area contributed by atoms with Crippen molar-refractivity contribution in [3.05, 3.63) is 59.7 Å². The summed E-state index contributed by atoms with van der Waals surface area (Å²) in [6.07, 6.45) is -1.39. The second-order valence-corrected chi connectivity index (χ2v) is 6.02. The van der Waals surface area contributed by atoms with Crippen molar-refractivity contribution in [2.45, 2.75) is 18.4 Å². The van der Waals surface area contributed by atoms with Crippen molar-refractivity contribution in [1.82, 2.24) is 4.90 Å². The highest BCUT2D eigenvalue weighted by Gasteiger charge is 2.43. The van der Waals surface area contributed by atoms with Crippen LogP contribution in [0.3, 0.4) is 0 Å². The molecule has 26 heavy (non-hydrogen) atoms. The number of methoxy groups -OCH3 is 1. The van der Waals surface area contributed by atoms with Gasteiger partial charge in [-0.25, -0.2) is 4.79 Å². The van der Waals surface area contributed by atoms with Crippen LogP contribution in [0.5, 0.6) is 0 Å². The molecule has 1 aliphatic carbocycles. The SMILES string of the molecule is COC(=O)N(C1c2ccccc2-c2ccccc21)[C@@H](CB(O)O)C(=O)O. The molecule has 1 aliphatic rings. The summed E-state index contributed by atoms with van der Waals surface area (Å²) < 4.78 is 4.83. The van der Waals surface area contributed by atoms with E-state index < -0.39 is 37.6 Å². The Morgan fingerprint density at radius 3 is 2.00 bits per heavy atom. The van der Waals surface area contributed by atoms with E-state index in [0.29, 0.717) is 0 Å². The van der Waals surface area contributed by atoms with Gasteiger partial charge in [-0.15, -0.1) is 0 Å². The van der Waals surface area contributed by atoms with Crippen LogP contribution in [0.15, 0.2) is 48.5 Å². The number of carbonyl (C=O) groups is 2. The minimum Gasteiger partial charge on any atom is -0.480 e. The molecule has 2 aromatic rings. The summed E-state index contributed by atoms with van der Waals surface area (Å²) in [6.45, 7) is 0. The number of amides is 1. The van der Waals surface area contributed by atoms with Crippen molar-refractivity contribution in [2.24, 2.45) is 0 Å². The van der Waals surface area contributed by atoms with Crippen LogP contribution in [0.2, 0.25) is 6.32 Å². The van der Waals surface area contributed by atoms with Crippen LogP contribution in [0.4, 0.5) is 4.79 Å². The molecule has 7 nitrogen and oxygen atoms in total. The van der Waals surface area contributed by atoms with Crippen LogP contribution in [-0.4, -0.2) is 52.4 Å². The smallest absolute Gasteiger partial charge is 0.454 e. The number of fused-ring (bicyclic) bond motifs is 3. The van der Waals surface area contributed by atoms with Crippen molar-refractivity contribution >= 4 is 19.2 Å². The monoisotopic (exact) mass is 355 g/mol. The molecule has 0 aromatic heterocycles. The Kier molecular flexibility index (Phi) is 4.97. The average Bonchev–Trinajstić information content (AvgIpc) is 2.95. The van der Waals surface area contributed by atoms with Gasteiger partial charge in [0, 0.05) is 6.32 Å². The molecule has 8 heteroatoms. The van der Waals surface area contributed by atoms with Gasteiger partial charge >= 0.3 is 19.2 Å². The van der Waals surface area contributed by atoms with Gasteiger partial charge < -0.3 is 19.9 Å². The number of benzene rings is 2. The lowest BCUT2D eigenvalue weighted by Crippen LogP contribution is -2.48. The normalized spacial score (nSPS) is 13.5. The second-order valence-electron chi connectivity index (χ2n) is 6.02. The molecule has 0 spiro atoms. The maximum Gasteiger partial charge on any atom is 0.454 e. The lowest BCUT2D eigenvalue weighted by Gasteiger charge is -2.34. The van der Waals surface area contributed by atoms with Crippen molar-refractivity contribution in [1.29, 1.82) is 0 Å². The Balaban J connectivity index is 2.18. The van der Waals surface area contributed by atoms with Crippen molar-refractivity contribution in [3.8, 4) is 11.1 Å². The number of nitrogens with zero attached hydrogens (tertiary/aromatic N) is 1. The molecule has 134 valence electrons. The molecular formula is C18H18BNO6. The van der Waals surface area contributed by atoms with Crippen LogP contribution >= 0.6 is 0 Å². The Morgan fingerprint density at radius 2 is 1.58 bits per heavy atom. The summed E-state index contributed by atoms with van der Waals surface area (Å²) in [4.78, 5) is 25.4. The average molecular weight is 355 g/mol. The maximum absolute atomic E-state index is 12.5. The standard InChI is InChI=1S/C18H18BNO6/c1-26-18(23)20(15(17(21)22)10-19(24)25)16-13-8-4-2-6-11(13)12-7-3-5-9-14(12)16/h2-9,15-16,24-25H,10H2,1H3,(H,21,22)/t15-/m0/s1. The van der Waals surface area contributed by atoms with E-state index in [4.69, 9.17) is 4.74 Å². The van der Waals surface area contributed by atoms with Gasteiger partial charge in [-0.3, -0.25) is 9.69 Å². The Bertz CT molecular complexity index is 794. The van der Waals surface area contributed by atoms with Gasteiger partial charge in [0.1, 0.15) is 6.04 Å². The molecule has 3 rings (SSSR count). The maximum atomic E-state index is 12.5. The first-order valence-electron chi connectivity index (χ1n) is 8.09. The number of rotatable bonds is 5. The summed E-state index contributed by atoms with van der Waals surface area (Å²) >= 11 is 0. The number of carbonyl (C=O) groups excluding carboxylic acids is 1. The van der Waals surface area contributed by atoms with Gasteiger partial charge in [0.25, 0.3) is 0 Å². The van der Waals surface area contributed by atoms with Crippen LogP contribution in [0.1, 0.15) is 17.2 Å². The van der Waals surface area contributed by atoms with Gasteiger partial charge in [0.2, 0.25) is 0 Å².